The summed E-state index contributed by atoms with van der Waals surface area (Å²) in [7, 11) is 0. The second-order valence-corrected chi connectivity index (χ2v) is 8.03. The Hall–Kier alpha value is -2.62. The van der Waals surface area contributed by atoms with Gasteiger partial charge < -0.3 is 10.8 Å². The van der Waals surface area contributed by atoms with Gasteiger partial charge in [0.05, 0.1) is 12.3 Å². The van der Waals surface area contributed by atoms with Gasteiger partial charge in [0.25, 0.3) is 0 Å². The van der Waals surface area contributed by atoms with Gasteiger partial charge in [0.1, 0.15) is 5.75 Å². The second kappa shape index (κ2) is 17.9. The van der Waals surface area contributed by atoms with Crippen LogP contribution in [0.1, 0.15) is 103 Å². The molecule has 1 aliphatic rings. The summed E-state index contributed by atoms with van der Waals surface area (Å²) in [6, 6.07) is 7.45. The minimum Gasteiger partial charge on any atom is -0.507 e. The Bertz CT molecular complexity index is 854. The minimum absolute atomic E-state index is 0.229. The van der Waals surface area contributed by atoms with E-state index in [2.05, 4.69) is 30.7 Å². The molecule has 0 unspecified atom stereocenters. The first-order chi connectivity index (χ1) is 15.9. The number of aromatic hydroxyl groups is 1. The molecule has 0 bridgehead atoms. The number of unbranched alkanes of at least 4 members (excludes halogenated alkanes) is 3. The van der Waals surface area contributed by atoms with E-state index in [-0.39, 0.29) is 5.75 Å². The largest absolute Gasteiger partial charge is 0.507 e. The Morgan fingerprint density at radius 2 is 1.67 bits per heavy atom. The van der Waals surface area contributed by atoms with Gasteiger partial charge in [0.2, 0.25) is 0 Å². The molecule has 0 saturated carbocycles. The van der Waals surface area contributed by atoms with E-state index in [4.69, 9.17) is 5.73 Å². The molecular formula is C29H47N3O. The molecule has 1 aromatic heterocycles. The molecule has 1 aromatic carbocycles. The lowest BCUT2D eigenvalue weighted by atomic mass is 9.97. The molecule has 0 radical (unpaired) electrons. The van der Waals surface area contributed by atoms with Gasteiger partial charge in [-0.15, -0.1) is 0 Å². The molecule has 0 spiro atoms. The third-order valence-electron chi connectivity index (χ3n) is 4.99. The van der Waals surface area contributed by atoms with Crippen LogP contribution in [0.15, 0.2) is 47.7 Å². The zero-order chi connectivity index (χ0) is 25.2. The number of phenols is 1. The Balaban J connectivity index is 0.000000669. The fourth-order valence-corrected chi connectivity index (χ4v) is 3.31. The van der Waals surface area contributed by atoms with Gasteiger partial charge in [-0.1, -0.05) is 86.6 Å². The highest BCUT2D eigenvalue weighted by atomic mass is 16.3. The Labute approximate surface area is 203 Å². The van der Waals surface area contributed by atoms with Gasteiger partial charge >= 0.3 is 0 Å². The van der Waals surface area contributed by atoms with E-state index in [1.807, 2.05) is 58.9 Å². The van der Waals surface area contributed by atoms with Gasteiger partial charge in [-0.05, 0) is 42.7 Å². The molecule has 2 aromatic rings. The monoisotopic (exact) mass is 453 g/mol. The van der Waals surface area contributed by atoms with Gasteiger partial charge in [0, 0.05) is 34.8 Å². The Morgan fingerprint density at radius 1 is 0.970 bits per heavy atom. The molecule has 0 aliphatic carbocycles. The molecule has 1 aliphatic heterocycles. The molecular weight excluding hydrogens is 406 g/mol. The summed E-state index contributed by atoms with van der Waals surface area (Å²) < 4.78 is 0. The summed E-state index contributed by atoms with van der Waals surface area (Å²) in [6.07, 6.45) is 12.4. The van der Waals surface area contributed by atoms with Gasteiger partial charge in [-0.3, -0.25) is 9.98 Å². The van der Waals surface area contributed by atoms with Gasteiger partial charge in [-0.25, -0.2) is 0 Å². The van der Waals surface area contributed by atoms with Crippen molar-refractivity contribution in [2.45, 2.75) is 87.5 Å². The number of hydrogen-bond acceptors (Lipinski definition) is 4. The average molecular weight is 454 g/mol. The number of pyridine rings is 1. The molecule has 3 N–H and O–H groups in total. The van der Waals surface area contributed by atoms with E-state index >= 15 is 0 Å². The number of nitrogens with two attached hydrogens (primary N) is 1. The van der Waals surface area contributed by atoms with E-state index in [1.54, 1.807) is 18.5 Å². The van der Waals surface area contributed by atoms with Crippen molar-refractivity contribution < 1.29 is 5.11 Å². The van der Waals surface area contributed by atoms with Gasteiger partial charge in [0.15, 0.2) is 0 Å². The zero-order valence-corrected chi connectivity index (χ0v) is 22.3. The number of phenolic OH excluding ortho intramolecular Hbond substituents is 1. The van der Waals surface area contributed by atoms with E-state index < -0.39 is 0 Å². The maximum atomic E-state index is 10.2. The van der Waals surface area contributed by atoms with Crippen LogP contribution in [-0.2, 0) is 0 Å². The number of aryl methyl sites for hydroxylation is 1. The Morgan fingerprint density at radius 3 is 2.27 bits per heavy atom. The number of aliphatic imine (C=N–C) groups is 1. The van der Waals surface area contributed by atoms with Crippen molar-refractivity contribution in [3.8, 4) is 5.75 Å². The summed E-state index contributed by atoms with van der Waals surface area (Å²) >= 11 is 0. The number of hydrogen-bond donors (Lipinski definition) is 2. The van der Waals surface area contributed by atoms with Crippen LogP contribution >= 0.6 is 0 Å². The maximum absolute atomic E-state index is 10.2. The molecule has 2 heterocycles. The highest BCUT2D eigenvalue weighted by Crippen LogP contribution is 2.27. The van der Waals surface area contributed by atoms with Crippen LogP contribution in [0.5, 0.6) is 5.75 Å². The van der Waals surface area contributed by atoms with Crippen molar-refractivity contribution >= 4 is 11.4 Å². The summed E-state index contributed by atoms with van der Waals surface area (Å²) in [6.45, 7) is 17.3. The average Bonchev–Trinajstić information content (AvgIpc) is 2.99. The normalized spacial score (nSPS) is 11.8. The lowest BCUT2D eigenvalue weighted by Gasteiger charge is -2.12. The summed E-state index contributed by atoms with van der Waals surface area (Å²) in [5.74, 6) is 1.13. The summed E-state index contributed by atoms with van der Waals surface area (Å²) in [5, 5.41) is 10.2. The number of benzene rings is 1. The number of rotatable bonds is 6. The number of aromatic nitrogens is 1. The smallest absolute Gasteiger partial charge is 0.125 e. The molecule has 0 amide bonds. The first-order valence-electron chi connectivity index (χ1n) is 12.7. The van der Waals surface area contributed by atoms with E-state index in [0.717, 1.165) is 28.3 Å². The lowest BCUT2D eigenvalue weighted by molar-refractivity contribution is 0.474. The van der Waals surface area contributed by atoms with Crippen molar-refractivity contribution in [1.82, 2.24) is 4.98 Å². The standard InChI is InChI=1S/C16H15N3O.C9H20.2C2H6/c1-10-2-3-12(15(20)8-10)16-11-4-6-18-9-13(11)14(17)5-7-19-16;1-4-5-6-7-8-9(2)3;2*1-2/h2-6,8-9,20H,7,17H2,1H3;9H,4-8H2,1-3H3;2*1-2H3. The highest BCUT2D eigenvalue weighted by molar-refractivity contribution is 6.16. The fourth-order valence-electron chi connectivity index (χ4n) is 3.31. The minimum atomic E-state index is 0.229. The molecule has 4 heteroatoms. The molecule has 0 atom stereocenters. The van der Waals surface area contributed by atoms with E-state index in [0.29, 0.717) is 17.8 Å². The quantitative estimate of drug-likeness (QED) is 0.436. The van der Waals surface area contributed by atoms with Crippen molar-refractivity contribution in [2.75, 3.05) is 6.54 Å². The zero-order valence-electron chi connectivity index (χ0n) is 22.3. The van der Waals surface area contributed by atoms with Crippen LogP contribution in [-0.4, -0.2) is 22.3 Å². The third kappa shape index (κ3) is 10.7. The van der Waals surface area contributed by atoms with E-state index in [1.165, 1.54) is 32.1 Å². The number of fused-ring (bicyclic) bond motifs is 1. The van der Waals surface area contributed by atoms with Crippen LogP contribution in [0.3, 0.4) is 0 Å². The molecule has 0 saturated heterocycles. The molecule has 33 heavy (non-hydrogen) atoms. The van der Waals surface area contributed by atoms with Crippen molar-refractivity contribution in [3.63, 3.8) is 0 Å². The van der Waals surface area contributed by atoms with Crippen LogP contribution in [0.25, 0.3) is 5.70 Å². The topological polar surface area (TPSA) is 71.5 Å². The molecule has 0 fully saturated rings. The first kappa shape index (κ1) is 30.4. The third-order valence-corrected chi connectivity index (χ3v) is 4.99. The SMILES string of the molecule is CC.CC.CCCCCCC(C)C.Cc1ccc(C2=NCC=C(N)c3cnccc32)c(O)c1. The first-order valence-corrected chi connectivity index (χ1v) is 12.7. The van der Waals surface area contributed by atoms with Crippen LogP contribution in [0.2, 0.25) is 0 Å². The van der Waals surface area contributed by atoms with E-state index in [9.17, 15) is 5.11 Å². The summed E-state index contributed by atoms with van der Waals surface area (Å²) in [4.78, 5) is 8.66. The van der Waals surface area contributed by atoms with Crippen LogP contribution < -0.4 is 5.73 Å². The molecule has 184 valence electrons. The van der Waals surface area contributed by atoms with Crippen LogP contribution in [0, 0.1) is 12.8 Å². The number of nitrogens with zero attached hydrogens (tertiary/aromatic N) is 2. The fraction of sp³-hybridized carbons (Fsp3) is 0.517. The van der Waals surface area contributed by atoms with Crippen LogP contribution in [0.4, 0.5) is 0 Å². The summed E-state index contributed by atoms with van der Waals surface area (Å²) in [5.41, 5.74) is 10.9. The predicted molar refractivity (Wildman–Crippen MR) is 146 cm³/mol. The Kier molecular flexibility index (Phi) is 16.5. The molecule has 3 rings (SSSR count). The lowest BCUT2D eigenvalue weighted by Crippen LogP contribution is -2.08. The predicted octanol–water partition coefficient (Wildman–Crippen LogP) is 7.91. The maximum Gasteiger partial charge on any atom is 0.125 e. The van der Waals surface area contributed by atoms with Gasteiger partial charge in [-0.2, -0.15) is 0 Å². The highest BCUT2D eigenvalue weighted by Gasteiger charge is 2.18. The van der Waals surface area contributed by atoms with Crippen molar-refractivity contribution in [2.24, 2.45) is 16.6 Å². The van der Waals surface area contributed by atoms with Crippen molar-refractivity contribution in [1.29, 1.82) is 0 Å². The molecule has 4 nitrogen and oxygen atoms in total. The van der Waals surface area contributed by atoms with Crippen molar-refractivity contribution in [3.05, 3.63) is 65.0 Å². The second-order valence-electron chi connectivity index (χ2n) is 8.03.